The lowest BCUT2D eigenvalue weighted by molar-refractivity contribution is 0.0972. The van der Waals surface area contributed by atoms with Crippen molar-refractivity contribution in [3.8, 4) is 11.5 Å². The molecule has 4 nitrogen and oxygen atoms in total. The summed E-state index contributed by atoms with van der Waals surface area (Å²) in [6.45, 7) is 3.18. The highest BCUT2D eigenvalue weighted by Gasteiger charge is 2.06. The van der Waals surface area contributed by atoms with E-state index in [1.165, 1.54) is 77.0 Å². The smallest absolute Gasteiger partial charge is 0.489 e. The Labute approximate surface area is 207 Å². The number of benzene rings is 2. The summed E-state index contributed by atoms with van der Waals surface area (Å²) < 4.78 is 16.2. The topological polar surface area (TPSA) is 44.8 Å². The van der Waals surface area contributed by atoms with Crippen LogP contribution in [0.25, 0.3) is 0 Å². The second-order valence-electron chi connectivity index (χ2n) is 9.04. The Hall–Kier alpha value is -2.49. The zero-order valence-corrected chi connectivity index (χ0v) is 21.1. The Morgan fingerprint density at radius 1 is 0.618 bits per heavy atom. The summed E-state index contributed by atoms with van der Waals surface area (Å²) >= 11 is 0. The summed E-state index contributed by atoms with van der Waals surface area (Å²) in [5.74, 6) is 1.19. The first kappa shape index (κ1) is 27.8. The zero-order valence-electron chi connectivity index (χ0n) is 21.1. The van der Waals surface area contributed by atoms with E-state index in [0.29, 0.717) is 19.0 Å². The molecule has 0 saturated heterocycles. The van der Waals surface area contributed by atoms with Crippen molar-refractivity contribution < 1.29 is 19.0 Å². The van der Waals surface area contributed by atoms with Gasteiger partial charge in [0.1, 0.15) is 18.1 Å². The Bertz CT molecular complexity index is 742. The van der Waals surface area contributed by atoms with Gasteiger partial charge in [0.25, 0.3) is 0 Å². The quantitative estimate of drug-likeness (QED) is 0.117. The van der Waals surface area contributed by atoms with Crippen LogP contribution in [0.3, 0.4) is 0 Å². The summed E-state index contributed by atoms with van der Waals surface area (Å²) in [5, 5.41) is 0. The molecule has 0 atom stereocenters. The highest BCUT2D eigenvalue weighted by atomic mass is 16.7. The predicted octanol–water partition coefficient (Wildman–Crippen LogP) is 9.26. The minimum Gasteiger partial charge on any atom is -0.489 e. The van der Waals surface area contributed by atoms with Crippen molar-refractivity contribution in [3.63, 3.8) is 0 Å². The van der Waals surface area contributed by atoms with Gasteiger partial charge in [0.15, 0.2) is 0 Å². The van der Waals surface area contributed by atoms with Gasteiger partial charge in [0.05, 0.1) is 6.61 Å². The van der Waals surface area contributed by atoms with Crippen LogP contribution in [0, 0.1) is 0 Å². The lowest BCUT2D eigenvalue weighted by Crippen LogP contribution is -2.11. The normalized spacial score (nSPS) is 10.7. The number of carbonyl (C=O) groups is 1. The van der Waals surface area contributed by atoms with Gasteiger partial charge in [0.2, 0.25) is 0 Å². The molecular weight excluding hydrogens is 424 g/mol. The molecule has 0 unspecified atom stereocenters. The number of carbonyl (C=O) groups excluding carboxylic acids is 1. The molecule has 34 heavy (non-hydrogen) atoms. The molecule has 0 aliphatic heterocycles. The fraction of sp³-hybridized carbons (Fsp3) is 0.567. The third-order valence-electron chi connectivity index (χ3n) is 5.99. The number of unbranched alkanes of at least 4 members (excludes halogenated alkanes) is 13. The average molecular weight is 469 g/mol. The zero-order chi connectivity index (χ0) is 24.1. The second-order valence-corrected chi connectivity index (χ2v) is 9.04. The molecule has 188 valence electrons. The van der Waals surface area contributed by atoms with Crippen molar-refractivity contribution in [1.29, 1.82) is 0 Å². The van der Waals surface area contributed by atoms with Gasteiger partial charge in [-0.1, -0.05) is 121 Å². The van der Waals surface area contributed by atoms with Gasteiger partial charge in [-0.25, -0.2) is 4.79 Å². The van der Waals surface area contributed by atoms with Gasteiger partial charge >= 0.3 is 6.16 Å². The lowest BCUT2D eigenvalue weighted by atomic mass is 10.0. The summed E-state index contributed by atoms with van der Waals surface area (Å²) in [4.78, 5) is 11.9. The molecule has 0 saturated carbocycles. The van der Waals surface area contributed by atoms with E-state index in [2.05, 4.69) is 6.92 Å². The van der Waals surface area contributed by atoms with Crippen molar-refractivity contribution in [1.82, 2.24) is 0 Å². The van der Waals surface area contributed by atoms with Crippen LogP contribution in [0.15, 0.2) is 54.6 Å². The Balaban J connectivity index is 1.40. The van der Waals surface area contributed by atoms with Crippen molar-refractivity contribution in [2.24, 2.45) is 0 Å². The second kappa shape index (κ2) is 18.9. The maximum atomic E-state index is 11.9. The molecule has 0 heterocycles. The summed E-state index contributed by atoms with van der Waals surface area (Å²) in [5.41, 5.74) is 1.11. The summed E-state index contributed by atoms with van der Waals surface area (Å²) in [7, 11) is 0. The fourth-order valence-corrected chi connectivity index (χ4v) is 3.92. The fourth-order valence-electron chi connectivity index (χ4n) is 3.92. The first-order valence-electron chi connectivity index (χ1n) is 13.4. The third kappa shape index (κ3) is 13.9. The number of hydrogen-bond donors (Lipinski definition) is 0. The lowest BCUT2D eigenvalue weighted by Gasteiger charge is -2.08. The molecule has 4 heteroatoms. The van der Waals surface area contributed by atoms with Crippen LogP contribution in [0.4, 0.5) is 4.79 Å². The molecule has 0 amide bonds. The first-order chi connectivity index (χ1) is 16.8. The molecule has 2 aromatic carbocycles. The monoisotopic (exact) mass is 468 g/mol. The molecule has 0 N–H and O–H groups in total. The minimum atomic E-state index is -0.646. The van der Waals surface area contributed by atoms with Gasteiger partial charge in [-0.05, 0) is 36.2 Å². The van der Waals surface area contributed by atoms with Crippen molar-refractivity contribution in [3.05, 3.63) is 60.2 Å². The standard InChI is InChI=1S/C30H44O4/c1-2-3-4-5-6-7-8-9-10-11-12-13-14-18-25-32-30(31)34-29-23-21-28(22-24-29)33-26-27-19-16-15-17-20-27/h15-17,19-24H,2-14,18,25-26H2,1H3. The van der Waals surface area contributed by atoms with Crippen LogP contribution >= 0.6 is 0 Å². The van der Waals surface area contributed by atoms with Gasteiger partial charge in [-0.15, -0.1) is 0 Å². The molecule has 0 aliphatic rings. The Morgan fingerprint density at radius 3 is 1.68 bits per heavy atom. The molecule has 0 radical (unpaired) electrons. The molecule has 0 aliphatic carbocycles. The first-order valence-corrected chi connectivity index (χ1v) is 13.4. The number of ether oxygens (including phenoxy) is 3. The summed E-state index contributed by atoms with van der Waals surface area (Å²) in [6.07, 6.45) is 17.6. The highest BCUT2D eigenvalue weighted by molar-refractivity contribution is 5.63. The largest absolute Gasteiger partial charge is 0.513 e. The van der Waals surface area contributed by atoms with Crippen molar-refractivity contribution in [2.45, 2.75) is 103 Å². The van der Waals surface area contributed by atoms with E-state index in [1.807, 2.05) is 30.3 Å². The van der Waals surface area contributed by atoms with E-state index in [-0.39, 0.29) is 0 Å². The highest BCUT2D eigenvalue weighted by Crippen LogP contribution is 2.19. The Morgan fingerprint density at radius 2 is 1.12 bits per heavy atom. The van der Waals surface area contributed by atoms with Crippen molar-refractivity contribution in [2.75, 3.05) is 6.61 Å². The third-order valence-corrected chi connectivity index (χ3v) is 5.99. The molecule has 2 rings (SSSR count). The Kier molecular flexibility index (Phi) is 15.4. The van der Waals surface area contributed by atoms with E-state index in [9.17, 15) is 4.79 Å². The SMILES string of the molecule is CCCCCCCCCCCCCCCCOC(=O)Oc1ccc(OCc2ccccc2)cc1. The number of rotatable bonds is 19. The van der Waals surface area contributed by atoms with E-state index in [1.54, 1.807) is 24.3 Å². The van der Waals surface area contributed by atoms with Gasteiger partial charge in [0, 0.05) is 0 Å². The summed E-state index contributed by atoms with van der Waals surface area (Å²) in [6, 6.07) is 17.0. The molecular formula is C30H44O4. The molecule has 0 aromatic heterocycles. The van der Waals surface area contributed by atoms with Crippen LogP contribution in [0.5, 0.6) is 11.5 Å². The predicted molar refractivity (Wildman–Crippen MR) is 140 cm³/mol. The molecule has 0 fully saturated rings. The van der Waals surface area contributed by atoms with Gasteiger partial charge < -0.3 is 14.2 Å². The van der Waals surface area contributed by atoms with Crippen LogP contribution in [-0.4, -0.2) is 12.8 Å². The number of hydrogen-bond acceptors (Lipinski definition) is 4. The van der Waals surface area contributed by atoms with Crippen molar-refractivity contribution >= 4 is 6.16 Å². The van der Waals surface area contributed by atoms with E-state index >= 15 is 0 Å². The van der Waals surface area contributed by atoms with Crippen LogP contribution in [0.1, 0.15) is 102 Å². The van der Waals surface area contributed by atoms with E-state index in [0.717, 1.165) is 24.2 Å². The maximum Gasteiger partial charge on any atom is 0.513 e. The average Bonchev–Trinajstić information content (AvgIpc) is 2.86. The van der Waals surface area contributed by atoms with Gasteiger partial charge in [-0.2, -0.15) is 0 Å². The van der Waals surface area contributed by atoms with E-state index < -0.39 is 6.16 Å². The van der Waals surface area contributed by atoms with Gasteiger partial charge in [-0.3, -0.25) is 0 Å². The van der Waals surface area contributed by atoms with Crippen LogP contribution in [0.2, 0.25) is 0 Å². The molecule has 0 bridgehead atoms. The van der Waals surface area contributed by atoms with E-state index in [4.69, 9.17) is 14.2 Å². The molecule has 2 aromatic rings. The maximum absolute atomic E-state index is 11.9. The van der Waals surface area contributed by atoms with Crippen LogP contribution in [-0.2, 0) is 11.3 Å². The molecule has 0 spiro atoms. The van der Waals surface area contributed by atoms with Crippen LogP contribution < -0.4 is 9.47 Å². The minimum absolute atomic E-state index is 0.412.